The van der Waals surface area contributed by atoms with Crippen molar-refractivity contribution in [3.8, 4) is 0 Å². The highest BCUT2D eigenvalue weighted by Gasteiger charge is 2.29. The van der Waals surface area contributed by atoms with Crippen LogP contribution >= 0.6 is 23.1 Å². The fourth-order valence-corrected chi connectivity index (χ4v) is 5.39. The molecule has 1 aromatic heterocycles. The Labute approximate surface area is 128 Å². The molecule has 0 radical (unpaired) electrons. The summed E-state index contributed by atoms with van der Waals surface area (Å²) in [7, 11) is 0. The Morgan fingerprint density at radius 3 is 3.15 bits per heavy atom. The number of thiophene rings is 1. The average Bonchev–Trinajstić information content (AvgIpc) is 2.91. The van der Waals surface area contributed by atoms with Crippen LogP contribution in [-0.2, 0) is 12.2 Å². The van der Waals surface area contributed by atoms with Gasteiger partial charge in [0.1, 0.15) is 0 Å². The molecule has 2 N–H and O–H groups in total. The van der Waals surface area contributed by atoms with E-state index in [2.05, 4.69) is 13.0 Å². The van der Waals surface area contributed by atoms with Gasteiger partial charge in [0.05, 0.1) is 4.88 Å². The molecule has 0 saturated carbocycles. The molecule has 3 rings (SSSR count). The van der Waals surface area contributed by atoms with Crippen molar-refractivity contribution in [2.24, 2.45) is 17.6 Å². The zero-order valence-electron chi connectivity index (χ0n) is 11.9. The quantitative estimate of drug-likeness (QED) is 0.913. The molecule has 110 valence electrons. The molecule has 2 aliphatic rings. The van der Waals surface area contributed by atoms with Crippen LogP contribution in [0.5, 0.6) is 0 Å². The fourth-order valence-electron chi connectivity index (χ4n) is 3.05. The minimum atomic E-state index is 0.222. The van der Waals surface area contributed by atoms with Gasteiger partial charge in [-0.2, -0.15) is 11.8 Å². The van der Waals surface area contributed by atoms with Gasteiger partial charge in [0.15, 0.2) is 0 Å². The van der Waals surface area contributed by atoms with Crippen LogP contribution in [0.2, 0.25) is 0 Å². The standard InChI is InChI=1S/C15H22N2OS2/c1-10-2-4-17(8-12(10)7-16)15(18)14-6-11-9-19-5-3-13(11)20-14/h6,10,12H,2-5,7-9,16H2,1H3. The van der Waals surface area contributed by atoms with Gasteiger partial charge >= 0.3 is 0 Å². The van der Waals surface area contributed by atoms with Crippen molar-refractivity contribution in [1.29, 1.82) is 0 Å². The van der Waals surface area contributed by atoms with Gasteiger partial charge in [-0.05, 0) is 48.6 Å². The summed E-state index contributed by atoms with van der Waals surface area (Å²) >= 11 is 3.68. The van der Waals surface area contributed by atoms with Gasteiger partial charge in [-0.1, -0.05) is 6.92 Å². The van der Waals surface area contributed by atoms with E-state index in [0.29, 0.717) is 18.4 Å². The van der Waals surface area contributed by atoms with Crippen molar-refractivity contribution in [2.45, 2.75) is 25.5 Å². The Kier molecular flexibility index (Phi) is 4.38. The number of carbonyl (C=O) groups excluding carboxylic acids is 1. The molecule has 1 amide bonds. The van der Waals surface area contributed by atoms with Crippen LogP contribution in [0, 0.1) is 11.8 Å². The summed E-state index contributed by atoms with van der Waals surface area (Å²) in [5, 5.41) is 0. The Bertz CT molecular complexity index is 477. The van der Waals surface area contributed by atoms with Crippen LogP contribution in [-0.4, -0.2) is 36.2 Å². The molecule has 3 nitrogen and oxygen atoms in total. The Morgan fingerprint density at radius 1 is 1.55 bits per heavy atom. The zero-order valence-corrected chi connectivity index (χ0v) is 13.6. The van der Waals surface area contributed by atoms with Crippen molar-refractivity contribution in [2.75, 3.05) is 25.4 Å². The molecule has 20 heavy (non-hydrogen) atoms. The lowest BCUT2D eigenvalue weighted by atomic mass is 9.87. The third-order valence-electron chi connectivity index (χ3n) is 4.54. The highest BCUT2D eigenvalue weighted by atomic mass is 32.2. The van der Waals surface area contributed by atoms with Crippen molar-refractivity contribution in [3.63, 3.8) is 0 Å². The summed E-state index contributed by atoms with van der Waals surface area (Å²) in [5.74, 6) is 3.58. The van der Waals surface area contributed by atoms with Crippen LogP contribution in [0.25, 0.3) is 0 Å². The van der Waals surface area contributed by atoms with E-state index in [9.17, 15) is 4.79 Å². The van der Waals surface area contributed by atoms with Crippen LogP contribution in [0.15, 0.2) is 6.07 Å². The first-order valence-corrected chi connectivity index (χ1v) is 9.35. The van der Waals surface area contributed by atoms with Crippen molar-refractivity contribution in [1.82, 2.24) is 4.90 Å². The first-order chi connectivity index (χ1) is 9.69. The average molecular weight is 310 g/mol. The Hall–Kier alpha value is -0.520. The largest absolute Gasteiger partial charge is 0.338 e. The van der Waals surface area contributed by atoms with E-state index in [0.717, 1.165) is 36.6 Å². The second-order valence-electron chi connectivity index (χ2n) is 5.87. The number of thioether (sulfide) groups is 1. The maximum Gasteiger partial charge on any atom is 0.263 e. The lowest BCUT2D eigenvalue weighted by Gasteiger charge is -2.36. The van der Waals surface area contributed by atoms with E-state index >= 15 is 0 Å². The number of carbonyl (C=O) groups is 1. The number of piperidine rings is 1. The second-order valence-corrected chi connectivity index (χ2v) is 8.12. The van der Waals surface area contributed by atoms with Crippen molar-refractivity contribution < 1.29 is 4.79 Å². The first kappa shape index (κ1) is 14.4. The topological polar surface area (TPSA) is 46.3 Å². The molecule has 2 atom stereocenters. The van der Waals surface area contributed by atoms with Gasteiger partial charge in [-0.3, -0.25) is 4.79 Å². The number of nitrogens with zero attached hydrogens (tertiary/aromatic N) is 1. The number of hydrogen-bond donors (Lipinski definition) is 1. The van der Waals surface area contributed by atoms with E-state index in [4.69, 9.17) is 5.73 Å². The van der Waals surface area contributed by atoms with Gasteiger partial charge in [-0.25, -0.2) is 0 Å². The Morgan fingerprint density at radius 2 is 2.40 bits per heavy atom. The lowest BCUT2D eigenvalue weighted by Crippen LogP contribution is -2.45. The van der Waals surface area contributed by atoms with Crippen LogP contribution in [0.1, 0.15) is 33.5 Å². The van der Waals surface area contributed by atoms with Crippen LogP contribution in [0.4, 0.5) is 0 Å². The summed E-state index contributed by atoms with van der Waals surface area (Å²) < 4.78 is 0. The molecule has 1 saturated heterocycles. The van der Waals surface area contributed by atoms with Gasteiger partial charge in [0.2, 0.25) is 0 Å². The van der Waals surface area contributed by atoms with E-state index < -0.39 is 0 Å². The third-order valence-corrected chi connectivity index (χ3v) is 6.78. The monoisotopic (exact) mass is 310 g/mol. The van der Waals surface area contributed by atoms with Crippen LogP contribution in [0.3, 0.4) is 0 Å². The summed E-state index contributed by atoms with van der Waals surface area (Å²) in [6.45, 7) is 4.64. The molecular formula is C15H22N2OS2. The number of nitrogens with two attached hydrogens (primary N) is 1. The molecule has 2 aliphatic heterocycles. The number of rotatable bonds is 2. The maximum atomic E-state index is 12.7. The van der Waals surface area contributed by atoms with Gasteiger partial charge < -0.3 is 10.6 Å². The highest BCUT2D eigenvalue weighted by molar-refractivity contribution is 7.98. The highest BCUT2D eigenvalue weighted by Crippen LogP contribution is 2.33. The third kappa shape index (κ3) is 2.76. The molecule has 5 heteroatoms. The number of likely N-dealkylation sites (tertiary alicyclic amines) is 1. The van der Waals surface area contributed by atoms with Crippen molar-refractivity contribution in [3.05, 3.63) is 21.4 Å². The first-order valence-electron chi connectivity index (χ1n) is 7.37. The van der Waals surface area contributed by atoms with Gasteiger partial charge in [0.25, 0.3) is 5.91 Å². The summed E-state index contributed by atoms with van der Waals surface area (Å²) in [4.78, 5) is 17.0. The lowest BCUT2D eigenvalue weighted by molar-refractivity contribution is 0.0623. The molecule has 0 spiro atoms. The maximum absolute atomic E-state index is 12.7. The van der Waals surface area contributed by atoms with Gasteiger partial charge in [-0.15, -0.1) is 11.3 Å². The van der Waals surface area contributed by atoms with E-state index in [-0.39, 0.29) is 5.91 Å². The minimum absolute atomic E-state index is 0.222. The predicted octanol–water partition coefficient (Wildman–Crippen LogP) is 2.59. The van der Waals surface area contributed by atoms with E-state index in [1.165, 1.54) is 16.2 Å². The molecular weight excluding hydrogens is 288 g/mol. The van der Waals surface area contributed by atoms with Crippen LogP contribution < -0.4 is 5.73 Å². The normalized spacial score (nSPS) is 26.4. The fraction of sp³-hybridized carbons (Fsp3) is 0.667. The summed E-state index contributed by atoms with van der Waals surface area (Å²) in [5.41, 5.74) is 7.22. The van der Waals surface area contributed by atoms with E-state index in [1.807, 2.05) is 16.7 Å². The van der Waals surface area contributed by atoms with Crippen molar-refractivity contribution >= 4 is 29.0 Å². The minimum Gasteiger partial charge on any atom is -0.338 e. The molecule has 0 bridgehead atoms. The van der Waals surface area contributed by atoms with E-state index in [1.54, 1.807) is 11.3 Å². The number of fused-ring (bicyclic) bond motifs is 1. The van der Waals surface area contributed by atoms with Gasteiger partial charge in [0, 0.05) is 23.7 Å². The number of hydrogen-bond acceptors (Lipinski definition) is 4. The molecule has 1 aromatic rings. The number of aryl methyl sites for hydroxylation is 1. The smallest absolute Gasteiger partial charge is 0.263 e. The molecule has 0 aromatic carbocycles. The molecule has 1 fully saturated rings. The SMILES string of the molecule is CC1CCN(C(=O)c2cc3c(s2)CCSC3)CC1CN. The zero-order chi connectivity index (χ0) is 14.1. The molecule has 0 aliphatic carbocycles. The summed E-state index contributed by atoms with van der Waals surface area (Å²) in [6.07, 6.45) is 2.20. The number of amides is 1. The molecule has 2 unspecified atom stereocenters. The predicted molar refractivity (Wildman–Crippen MR) is 86.4 cm³/mol. The second kappa shape index (κ2) is 6.08. The molecule has 3 heterocycles. The summed E-state index contributed by atoms with van der Waals surface area (Å²) in [6, 6.07) is 2.13. The Balaban J connectivity index is 1.73.